The lowest BCUT2D eigenvalue weighted by atomic mass is 9.71. The first-order valence-corrected chi connectivity index (χ1v) is 10.1. The van der Waals surface area contributed by atoms with Crippen molar-refractivity contribution in [3.05, 3.63) is 22.7 Å². The number of fused-ring (bicyclic) bond motifs is 1. The zero-order chi connectivity index (χ0) is 17.4. The fourth-order valence-corrected chi connectivity index (χ4v) is 5.25. The topological polar surface area (TPSA) is 44.7 Å². The highest BCUT2D eigenvalue weighted by Gasteiger charge is 2.48. The smallest absolute Gasteiger partial charge is 0.141 e. The Hall–Kier alpha value is -0.970. The van der Waals surface area contributed by atoms with Gasteiger partial charge in [0.05, 0.1) is 11.6 Å². The molecular weight excluding hydrogens is 336 g/mol. The largest absolute Gasteiger partial charge is 0.489 e. The van der Waals surface area contributed by atoms with Crippen LogP contribution in [0.3, 0.4) is 0 Å². The van der Waals surface area contributed by atoms with E-state index >= 15 is 0 Å². The molecule has 2 atom stereocenters. The lowest BCUT2D eigenvalue weighted by molar-refractivity contribution is 0.105. The quantitative estimate of drug-likeness (QED) is 0.855. The van der Waals surface area contributed by atoms with E-state index in [0.29, 0.717) is 28.4 Å². The minimum atomic E-state index is 0.00158. The molecule has 1 heterocycles. The number of benzene rings is 1. The molecule has 2 saturated carbocycles. The number of anilines is 1. The van der Waals surface area contributed by atoms with Crippen molar-refractivity contribution >= 4 is 17.3 Å². The molecule has 4 rings (SSSR count). The SMILES string of the molecule is Cc1cc(N2CC3(CCC3)N[C@H]3CCCC[C@@H]32)cc(Cl)c1OCCO. The molecule has 0 bridgehead atoms. The minimum absolute atomic E-state index is 0.00158. The maximum absolute atomic E-state index is 9.01. The molecule has 3 fully saturated rings. The molecule has 1 aromatic rings. The number of hydrogen-bond acceptors (Lipinski definition) is 4. The van der Waals surface area contributed by atoms with Gasteiger partial charge in [0.15, 0.2) is 0 Å². The van der Waals surface area contributed by atoms with Gasteiger partial charge in [0, 0.05) is 29.9 Å². The van der Waals surface area contributed by atoms with Gasteiger partial charge in [0.1, 0.15) is 12.4 Å². The summed E-state index contributed by atoms with van der Waals surface area (Å²) in [5.74, 6) is 0.702. The number of aliphatic hydroxyl groups is 1. The average molecular weight is 365 g/mol. The number of ether oxygens (including phenoxy) is 1. The Morgan fingerprint density at radius 1 is 1.28 bits per heavy atom. The molecule has 1 saturated heterocycles. The summed E-state index contributed by atoms with van der Waals surface area (Å²) in [5.41, 5.74) is 2.58. The Morgan fingerprint density at radius 2 is 2.08 bits per heavy atom. The van der Waals surface area contributed by atoms with E-state index in [0.717, 1.165) is 12.1 Å². The van der Waals surface area contributed by atoms with E-state index in [4.69, 9.17) is 21.4 Å². The molecule has 0 radical (unpaired) electrons. The van der Waals surface area contributed by atoms with Gasteiger partial charge in [0.25, 0.3) is 0 Å². The molecule has 0 amide bonds. The molecule has 5 heteroatoms. The van der Waals surface area contributed by atoms with Gasteiger partial charge in [-0.1, -0.05) is 24.4 Å². The Balaban J connectivity index is 1.64. The van der Waals surface area contributed by atoms with E-state index in [-0.39, 0.29) is 13.2 Å². The Bertz CT molecular complexity index is 609. The van der Waals surface area contributed by atoms with Crippen LogP contribution < -0.4 is 15.0 Å². The van der Waals surface area contributed by atoms with Crippen LogP contribution in [0.1, 0.15) is 50.5 Å². The van der Waals surface area contributed by atoms with Crippen LogP contribution >= 0.6 is 11.6 Å². The zero-order valence-corrected chi connectivity index (χ0v) is 15.8. The summed E-state index contributed by atoms with van der Waals surface area (Å²) in [6.07, 6.45) is 9.11. The Morgan fingerprint density at radius 3 is 2.76 bits per heavy atom. The molecule has 2 N–H and O–H groups in total. The minimum Gasteiger partial charge on any atom is -0.489 e. The van der Waals surface area contributed by atoms with Gasteiger partial charge in [0.2, 0.25) is 0 Å². The van der Waals surface area contributed by atoms with Gasteiger partial charge < -0.3 is 20.1 Å². The zero-order valence-electron chi connectivity index (χ0n) is 15.1. The van der Waals surface area contributed by atoms with Crippen molar-refractivity contribution in [2.45, 2.75) is 69.5 Å². The summed E-state index contributed by atoms with van der Waals surface area (Å²) in [7, 11) is 0. The van der Waals surface area contributed by atoms with E-state index in [9.17, 15) is 0 Å². The van der Waals surface area contributed by atoms with Crippen LogP contribution in [0.15, 0.2) is 12.1 Å². The Kier molecular flexibility index (Phi) is 4.87. The summed E-state index contributed by atoms with van der Waals surface area (Å²) in [6.45, 7) is 3.41. The van der Waals surface area contributed by atoms with Gasteiger partial charge in [-0.3, -0.25) is 0 Å². The molecule has 1 aromatic carbocycles. The van der Waals surface area contributed by atoms with E-state index in [2.05, 4.69) is 22.3 Å². The number of nitrogens with zero attached hydrogens (tertiary/aromatic N) is 1. The van der Waals surface area contributed by atoms with Gasteiger partial charge in [-0.2, -0.15) is 0 Å². The van der Waals surface area contributed by atoms with Crippen LogP contribution in [0.25, 0.3) is 0 Å². The monoisotopic (exact) mass is 364 g/mol. The van der Waals surface area contributed by atoms with Crippen LogP contribution in [-0.4, -0.2) is 42.5 Å². The molecule has 4 nitrogen and oxygen atoms in total. The van der Waals surface area contributed by atoms with Gasteiger partial charge in [-0.15, -0.1) is 0 Å². The third-order valence-corrected chi connectivity index (χ3v) is 6.57. The van der Waals surface area contributed by atoms with E-state index in [1.54, 1.807) is 0 Å². The first-order valence-electron chi connectivity index (χ1n) is 9.70. The van der Waals surface area contributed by atoms with E-state index in [1.807, 2.05) is 6.92 Å². The summed E-state index contributed by atoms with van der Waals surface area (Å²) >= 11 is 6.53. The lowest BCUT2D eigenvalue weighted by Crippen LogP contribution is -2.72. The molecule has 25 heavy (non-hydrogen) atoms. The maximum Gasteiger partial charge on any atom is 0.141 e. The van der Waals surface area contributed by atoms with Crippen molar-refractivity contribution < 1.29 is 9.84 Å². The molecule has 3 aliphatic rings. The molecule has 0 aromatic heterocycles. The third-order valence-electron chi connectivity index (χ3n) is 6.29. The van der Waals surface area contributed by atoms with Crippen LogP contribution in [0.4, 0.5) is 5.69 Å². The number of piperazine rings is 1. The van der Waals surface area contributed by atoms with E-state index < -0.39 is 0 Å². The van der Waals surface area contributed by atoms with Crippen molar-refractivity contribution in [1.82, 2.24) is 5.32 Å². The Labute approximate surface area is 155 Å². The molecule has 1 spiro atoms. The predicted octanol–water partition coefficient (Wildman–Crippen LogP) is 3.66. The second-order valence-electron chi connectivity index (χ2n) is 8.01. The molecule has 2 aliphatic carbocycles. The van der Waals surface area contributed by atoms with Gasteiger partial charge >= 0.3 is 0 Å². The fourth-order valence-electron chi connectivity index (χ4n) is 4.93. The first kappa shape index (κ1) is 17.4. The van der Waals surface area contributed by atoms with Crippen LogP contribution in [0, 0.1) is 6.92 Å². The average Bonchev–Trinajstić information content (AvgIpc) is 2.58. The number of aryl methyl sites for hydroxylation is 1. The van der Waals surface area contributed by atoms with Crippen molar-refractivity contribution in [3.8, 4) is 5.75 Å². The summed E-state index contributed by atoms with van der Waals surface area (Å²) in [4.78, 5) is 2.62. The fraction of sp³-hybridized carbons (Fsp3) is 0.700. The van der Waals surface area contributed by atoms with Crippen molar-refractivity contribution in [2.75, 3.05) is 24.7 Å². The lowest BCUT2D eigenvalue weighted by Gasteiger charge is -2.58. The third kappa shape index (κ3) is 3.24. The first-order chi connectivity index (χ1) is 12.1. The van der Waals surface area contributed by atoms with Crippen LogP contribution in [0.2, 0.25) is 5.02 Å². The standard InChI is InChI=1S/C20H29ClN2O2/c1-14-11-15(12-16(21)19(14)25-10-9-24)23-13-20(7-4-8-20)22-17-5-2-3-6-18(17)23/h11-12,17-18,22,24H,2-10,13H2,1H3/t17-,18-/m0/s1. The second kappa shape index (κ2) is 6.98. The summed E-state index contributed by atoms with van der Waals surface area (Å²) < 4.78 is 5.63. The van der Waals surface area contributed by atoms with Crippen LogP contribution in [0.5, 0.6) is 5.75 Å². The number of nitrogens with one attached hydrogen (secondary N) is 1. The summed E-state index contributed by atoms with van der Waals surface area (Å²) in [5, 5.41) is 13.7. The van der Waals surface area contributed by atoms with E-state index in [1.165, 1.54) is 50.6 Å². The summed E-state index contributed by atoms with van der Waals surface area (Å²) in [6, 6.07) is 5.44. The maximum atomic E-state index is 9.01. The number of halogens is 1. The molecule has 1 aliphatic heterocycles. The number of hydrogen-bond donors (Lipinski definition) is 2. The highest BCUT2D eigenvalue weighted by Crippen LogP contribution is 2.43. The van der Waals surface area contributed by atoms with Gasteiger partial charge in [-0.05, 0) is 56.7 Å². The molecular formula is C20H29ClN2O2. The predicted molar refractivity (Wildman–Crippen MR) is 102 cm³/mol. The van der Waals surface area contributed by atoms with Crippen molar-refractivity contribution in [2.24, 2.45) is 0 Å². The molecule has 138 valence electrons. The van der Waals surface area contributed by atoms with Crippen LogP contribution in [-0.2, 0) is 0 Å². The van der Waals surface area contributed by atoms with Crippen molar-refractivity contribution in [3.63, 3.8) is 0 Å². The highest BCUT2D eigenvalue weighted by molar-refractivity contribution is 6.32. The van der Waals surface area contributed by atoms with Gasteiger partial charge in [-0.25, -0.2) is 0 Å². The number of rotatable bonds is 4. The molecule has 0 unspecified atom stereocenters. The normalized spacial score (nSPS) is 27.7. The second-order valence-corrected chi connectivity index (χ2v) is 8.42. The van der Waals surface area contributed by atoms with Crippen molar-refractivity contribution in [1.29, 1.82) is 0 Å². The highest BCUT2D eigenvalue weighted by atomic mass is 35.5. The number of aliphatic hydroxyl groups excluding tert-OH is 1.